The minimum atomic E-state index is -0.250. The molecule has 0 saturated heterocycles. The molecule has 31 heavy (non-hydrogen) atoms. The van der Waals surface area contributed by atoms with Gasteiger partial charge in [0, 0.05) is 23.6 Å². The Hall–Kier alpha value is -3.58. The number of carbonyl (C=O) groups excluding carboxylic acids is 2. The summed E-state index contributed by atoms with van der Waals surface area (Å²) in [5.74, 6) is -0.250. The molecule has 2 heterocycles. The van der Waals surface area contributed by atoms with Gasteiger partial charge in [0.2, 0.25) is 0 Å². The first-order chi connectivity index (χ1) is 14.9. The molecule has 3 rings (SSSR count). The Bertz CT molecular complexity index is 1030. The number of aliphatic hydroxyl groups is 1. The molecule has 0 aliphatic heterocycles. The number of amides is 1. The Kier molecular flexibility index (Phi) is 8.84. The predicted molar refractivity (Wildman–Crippen MR) is 120 cm³/mol. The fourth-order valence-electron chi connectivity index (χ4n) is 2.89. The molecule has 1 aromatic carbocycles. The number of nitrogens with zero attached hydrogens (tertiary/aromatic N) is 2. The number of aliphatic hydroxyl groups excluding tert-OH is 1. The summed E-state index contributed by atoms with van der Waals surface area (Å²) in [4.78, 5) is 30.7. The molecule has 1 amide bonds. The molecule has 0 aliphatic carbocycles. The molecule has 0 atom stereocenters. The van der Waals surface area contributed by atoms with Crippen LogP contribution in [0.25, 0.3) is 11.3 Å². The number of rotatable bonds is 6. The van der Waals surface area contributed by atoms with Crippen molar-refractivity contribution in [2.45, 2.75) is 34.3 Å². The van der Waals surface area contributed by atoms with E-state index in [2.05, 4.69) is 20.0 Å². The highest BCUT2D eigenvalue weighted by Crippen LogP contribution is 2.23. The van der Waals surface area contributed by atoms with Gasteiger partial charge in [-0.3, -0.25) is 14.6 Å². The average molecular weight is 421 g/mol. The lowest BCUT2D eigenvalue weighted by Gasteiger charge is -2.13. The Balaban J connectivity index is 0.000000614. The topological polar surface area (TPSA) is 101 Å². The Labute approximate surface area is 182 Å². The second kappa shape index (κ2) is 11.6. The SMILES string of the molecule is CCOC=O.Cc1ccc(-c2cccc(CO)c2)nc1C(=O)Nc1c(C)cncc1C. The third-order valence-corrected chi connectivity index (χ3v) is 4.52. The number of hydrogen-bond acceptors (Lipinski definition) is 6. The number of ether oxygens (including phenoxy) is 1. The first-order valence-electron chi connectivity index (χ1n) is 9.86. The third kappa shape index (κ3) is 6.45. The Morgan fingerprint density at radius 1 is 1.10 bits per heavy atom. The number of pyridine rings is 2. The highest BCUT2D eigenvalue weighted by atomic mass is 16.5. The van der Waals surface area contributed by atoms with Crippen molar-refractivity contribution in [3.8, 4) is 11.3 Å². The first kappa shape index (κ1) is 23.7. The Morgan fingerprint density at radius 3 is 2.39 bits per heavy atom. The second-order valence-corrected chi connectivity index (χ2v) is 6.87. The largest absolute Gasteiger partial charge is 0.468 e. The van der Waals surface area contributed by atoms with E-state index in [0.717, 1.165) is 33.5 Å². The van der Waals surface area contributed by atoms with Gasteiger partial charge in [0.15, 0.2) is 0 Å². The normalized spacial score (nSPS) is 9.97. The van der Waals surface area contributed by atoms with Crippen LogP contribution in [0, 0.1) is 20.8 Å². The van der Waals surface area contributed by atoms with E-state index in [4.69, 9.17) is 0 Å². The predicted octanol–water partition coefficient (Wildman–Crippen LogP) is 3.99. The minimum Gasteiger partial charge on any atom is -0.468 e. The van der Waals surface area contributed by atoms with Gasteiger partial charge < -0.3 is 15.2 Å². The zero-order valence-corrected chi connectivity index (χ0v) is 18.2. The van der Waals surface area contributed by atoms with Crippen LogP contribution >= 0.6 is 0 Å². The number of anilines is 1. The molecule has 0 unspecified atom stereocenters. The van der Waals surface area contributed by atoms with E-state index in [1.54, 1.807) is 19.3 Å². The fraction of sp³-hybridized carbons (Fsp3) is 0.250. The molecule has 0 aliphatic rings. The van der Waals surface area contributed by atoms with Crippen LogP contribution in [-0.2, 0) is 16.1 Å². The van der Waals surface area contributed by atoms with E-state index in [1.165, 1.54) is 0 Å². The lowest BCUT2D eigenvalue weighted by Crippen LogP contribution is -2.17. The first-order valence-corrected chi connectivity index (χ1v) is 9.86. The van der Waals surface area contributed by atoms with Crippen molar-refractivity contribution in [3.63, 3.8) is 0 Å². The highest BCUT2D eigenvalue weighted by Gasteiger charge is 2.15. The molecule has 0 spiro atoms. The molecule has 0 radical (unpaired) electrons. The van der Waals surface area contributed by atoms with Crippen LogP contribution in [0.3, 0.4) is 0 Å². The molecule has 2 aromatic heterocycles. The van der Waals surface area contributed by atoms with Gasteiger partial charge in [0.05, 0.1) is 18.9 Å². The van der Waals surface area contributed by atoms with Crippen LogP contribution in [0.1, 0.15) is 39.7 Å². The lowest BCUT2D eigenvalue weighted by molar-refractivity contribution is -0.128. The minimum absolute atomic E-state index is 0.0341. The van der Waals surface area contributed by atoms with Gasteiger partial charge in [0.1, 0.15) is 5.69 Å². The summed E-state index contributed by atoms with van der Waals surface area (Å²) in [7, 11) is 0. The number of aromatic nitrogens is 2. The summed E-state index contributed by atoms with van der Waals surface area (Å²) in [6.07, 6.45) is 3.44. The van der Waals surface area contributed by atoms with E-state index in [0.29, 0.717) is 24.5 Å². The number of aryl methyl sites for hydroxylation is 3. The zero-order valence-electron chi connectivity index (χ0n) is 18.2. The van der Waals surface area contributed by atoms with Crippen molar-refractivity contribution >= 4 is 18.1 Å². The van der Waals surface area contributed by atoms with Crippen LogP contribution < -0.4 is 5.32 Å². The van der Waals surface area contributed by atoms with E-state index in [9.17, 15) is 14.7 Å². The number of carbonyl (C=O) groups is 2. The van der Waals surface area contributed by atoms with E-state index < -0.39 is 0 Å². The van der Waals surface area contributed by atoms with Crippen molar-refractivity contribution < 1.29 is 19.4 Å². The van der Waals surface area contributed by atoms with Gasteiger partial charge in [-0.05, 0) is 62.1 Å². The molecule has 0 saturated carbocycles. The highest BCUT2D eigenvalue weighted by molar-refractivity contribution is 6.04. The van der Waals surface area contributed by atoms with Gasteiger partial charge in [-0.25, -0.2) is 4.98 Å². The summed E-state index contributed by atoms with van der Waals surface area (Å²) in [6, 6.07) is 11.3. The van der Waals surface area contributed by atoms with Crippen molar-refractivity contribution in [1.29, 1.82) is 0 Å². The van der Waals surface area contributed by atoms with Crippen LogP contribution in [0.4, 0.5) is 5.69 Å². The molecule has 0 fully saturated rings. The molecule has 7 nitrogen and oxygen atoms in total. The maximum Gasteiger partial charge on any atom is 0.293 e. The van der Waals surface area contributed by atoms with Crippen molar-refractivity contribution in [2.75, 3.05) is 11.9 Å². The van der Waals surface area contributed by atoms with Crippen molar-refractivity contribution in [3.05, 3.63) is 76.7 Å². The zero-order chi connectivity index (χ0) is 22.8. The Morgan fingerprint density at radius 2 is 1.81 bits per heavy atom. The van der Waals surface area contributed by atoms with Gasteiger partial charge in [0.25, 0.3) is 12.4 Å². The summed E-state index contributed by atoms with van der Waals surface area (Å²) in [5.41, 5.74) is 6.12. The molecular formula is C24H27N3O4. The van der Waals surface area contributed by atoms with E-state index >= 15 is 0 Å². The van der Waals surface area contributed by atoms with Gasteiger partial charge in [-0.1, -0.05) is 24.3 Å². The van der Waals surface area contributed by atoms with Crippen molar-refractivity contribution in [2.24, 2.45) is 0 Å². The van der Waals surface area contributed by atoms with Crippen LogP contribution in [0.5, 0.6) is 0 Å². The molecule has 7 heteroatoms. The van der Waals surface area contributed by atoms with E-state index in [1.807, 2.05) is 57.2 Å². The average Bonchev–Trinajstić information content (AvgIpc) is 2.77. The summed E-state index contributed by atoms with van der Waals surface area (Å²) < 4.78 is 4.15. The van der Waals surface area contributed by atoms with Crippen LogP contribution in [0.2, 0.25) is 0 Å². The third-order valence-electron chi connectivity index (χ3n) is 4.52. The number of benzene rings is 1. The maximum atomic E-state index is 12.8. The van der Waals surface area contributed by atoms with E-state index in [-0.39, 0.29) is 12.5 Å². The molecule has 0 bridgehead atoms. The summed E-state index contributed by atoms with van der Waals surface area (Å²) in [6.45, 7) is 8.31. The monoisotopic (exact) mass is 421 g/mol. The van der Waals surface area contributed by atoms with Crippen molar-refractivity contribution in [1.82, 2.24) is 9.97 Å². The molecule has 3 aromatic rings. The second-order valence-electron chi connectivity index (χ2n) is 6.87. The fourth-order valence-corrected chi connectivity index (χ4v) is 2.89. The number of hydrogen-bond donors (Lipinski definition) is 2. The summed E-state index contributed by atoms with van der Waals surface area (Å²) >= 11 is 0. The quantitative estimate of drug-likeness (QED) is 0.584. The number of nitrogens with one attached hydrogen (secondary N) is 1. The standard InChI is InChI=1S/C21H21N3O2.C3H6O2/c1-13-7-8-18(17-6-4-5-16(9-17)12-25)23-20(13)21(26)24-19-14(2)10-22-11-15(19)3;1-2-5-3-4/h4-11,25H,12H2,1-3H3,(H,22,24,26);3H,2H2,1H3. The summed E-state index contributed by atoms with van der Waals surface area (Å²) in [5, 5.41) is 12.3. The van der Waals surface area contributed by atoms with Gasteiger partial charge >= 0.3 is 0 Å². The van der Waals surface area contributed by atoms with Crippen LogP contribution in [-0.4, -0.2) is 34.1 Å². The lowest BCUT2D eigenvalue weighted by atomic mass is 10.1. The molecular weight excluding hydrogens is 394 g/mol. The molecule has 162 valence electrons. The van der Waals surface area contributed by atoms with Crippen LogP contribution in [0.15, 0.2) is 48.8 Å². The van der Waals surface area contributed by atoms with Gasteiger partial charge in [-0.15, -0.1) is 0 Å². The van der Waals surface area contributed by atoms with Gasteiger partial charge in [-0.2, -0.15) is 0 Å². The molecule has 2 N–H and O–H groups in total. The maximum absolute atomic E-state index is 12.8. The smallest absolute Gasteiger partial charge is 0.293 e.